The third kappa shape index (κ3) is 5.99. The van der Waals surface area contributed by atoms with Crippen molar-refractivity contribution in [1.29, 1.82) is 0 Å². The van der Waals surface area contributed by atoms with E-state index in [4.69, 9.17) is 32.7 Å². The van der Waals surface area contributed by atoms with Crippen LogP contribution in [0.1, 0.15) is 38.4 Å². The Bertz CT molecular complexity index is 911. The molecule has 0 amide bonds. The molecule has 0 radical (unpaired) electrons. The van der Waals surface area contributed by atoms with Gasteiger partial charge in [-0.25, -0.2) is 9.88 Å². The van der Waals surface area contributed by atoms with Crippen LogP contribution in [0.3, 0.4) is 0 Å². The fourth-order valence-electron chi connectivity index (χ4n) is 3.78. The van der Waals surface area contributed by atoms with Crippen molar-refractivity contribution in [2.75, 3.05) is 13.3 Å². The van der Waals surface area contributed by atoms with Crippen LogP contribution in [0.4, 0.5) is 0 Å². The first-order chi connectivity index (χ1) is 14.8. The summed E-state index contributed by atoms with van der Waals surface area (Å²) in [5.74, 6) is -0.429. The minimum absolute atomic E-state index is 0.0672. The lowest BCUT2D eigenvalue weighted by Crippen LogP contribution is -2.48. The Hall–Kier alpha value is -2.09. The van der Waals surface area contributed by atoms with Gasteiger partial charge in [-0.05, 0) is 43.0 Å². The van der Waals surface area contributed by atoms with E-state index in [0.717, 1.165) is 11.3 Å². The Morgan fingerprint density at radius 2 is 2.00 bits per heavy atom. The molecule has 7 nitrogen and oxygen atoms in total. The van der Waals surface area contributed by atoms with Crippen molar-refractivity contribution in [2.24, 2.45) is 5.92 Å². The number of esters is 2. The summed E-state index contributed by atoms with van der Waals surface area (Å²) in [5.41, 5.74) is 1.77. The minimum atomic E-state index is -0.591. The molecule has 9 heteroatoms. The van der Waals surface area contributed by atoms with Gasteiger partial charge in [0, 0.05) is 34.9 Å². The number of ether oxygens (including phenoxy) is 2. The van der Waals surface area contributed by atoms with E-state index >= 15 is 0 Å². The van der Waals surface area contributed by atoms with E-state index in [9.17, 15) is 9.59 Å². The molecular formula is C22H27Cl2N3O4. The van der Waals surface area contributed by atoms with Crippen LogP contribution in [0.5, 0.6) is 0 Å². The number of aromatic nitrogens is 2. The van der Waals surface area contributed by atoms with E-state index < -0.39 is 12.1 Å². The van der Waals surface area contributed by atoms with Gasteiger partial charge in [-0.3, -0.25) is 9.59 Å². The molecule has 2 atom stereocenters. The summed E-state index contributed by atoms with van der Waals surface area (Å²) in [7, 11) is 0. The number of hydrogen-bond acceptors (Lipinski definition) is 6. The zero-order valence-corrected chi connectivity index (χ0v) is 19.4. The predicted octanol–water partition coefficient (Wildman–Crippen LogP) is 3.94. The predicted molar refractivity (Wildman–Crippen MR) is 118 cm³/mol. The van der Waals surface area contributed by atoms with Gasteiger partial charge < -0.3 is 14.0 Å². The lowest BCUT2D eigenvalue weighted by molar-refractivity contribution is -0.151. The third-order valence-electron chi connectivity index (χ3n) is 5.16. The van der Waals surface area contributed by atoms with E-state index in [1.807, 2.05) is 30.5 Å². The van der Waals surface area contributed by atoms with Crippen molar-refractivity contribution in [3.63, 3.8) is 0 Å². The van der Waals surface area contributed by atoms with E-state index in [2.05, 4.69) is 4.98 Å². The smallest absolute Gasteiger partial charge is 0.325 e. The van der Waals surface area contributed by atoms with Crippen molar-refractivity contribution in [1.82, 2.24) is 14.5 Å². The molecule has 1 aliphatic rings. The van der Waals surface area contributed by atoms with Gasteiger partial charge in [0.1, 0.15) is 18.8 Å². The summed E-state index contributed by atoms with van der Waals surface area (Å²) in [6.07, 6.45) is 4.36. The fraction of sp³-hybridized carbons (Fsp3) is 0.500. The number of cyclic esters (lactones) is 1. The van der Waals surface area contributed by atoms with Crippen molar-refractivity contribution >= 4 is 35.1 Å². The quantitative estimate of drug-likeness (QED) is 0.519. The largest absolute Gasteiger partial charge is 0.465 e. The molecule has 0 bridgehead atoms. The first-order valence-electron chi connectivity index (χ1n) is 10.3. The highest BCUT2D eigenvalue weighted by Gasteiger charge is 2.42. The number of carbonyl (C=O) groups excluding carboxylic acids is 2. The summed E-state index contributed by atoms with van der Waals surface area (Å²) in [5, 5.41) is 1.11. The molecule has 1 aliphatic heterocycles. The van der Waals surface area contributed by atoms with Gasteiger partial charge in [-0.15, -0.1) is 0 Å². The molecular weight excluding hydrogens is 441 g/mol. The Morgan fingerprint density at radius 1 is 1.29 bits per heavy atom. The normalized spacial score (nSPS) is 17.7. The van der Waals surface area contributed by atoms with E-state index in [1.165, 1.54) is 0 Å². The average molecular weight is 468 g/mol. The highest BCUT2D eigenvalue weighted by molar-refractivity contribution is 6.34. The summed E-state index contributed by atoms with van der Waals surface area (Å²) >= 11 is 12.2. The molecule has 1 saturated heterocycles. The lowest BCUT2D eigenvalue weighted by Gasteiger charge is -2.29. The highest BCUT2D eigenvalue weighted by Crippen LogP contribution is 2.25. The molecule has 0 saturated carbocycles. The van der Waals surface area contributed by atoms with Crippen LogP contribution in [-0.4, -0.2) is 51.8 Å². The maximum atomic E-state index is 12.6. The Morgan fingerprint density at radius 3 is 2.65 bits per heavy atom. The second-order valence-electron chi connectivity index (χ2n) is 8.01. The maximum Gasteiger partial charge on any atom is 0.325 e. The highest BCUT2D eigenvalue weighted by atomic mass is 35.5. The van der Waals surface area contributed by atoms with Crippen LogP contribution in [0, 0.1) is 5.92 Å². The van der Waals surface area contributed by atoms with Crippen LogP contribution in [0.15, 0.2) is 30.7 Å². The zero-order chi connectivity index (χ0) is 22.5. The summed E-state index contributed by atoms with van der Waals surface area (Å²) < 4.78 is 12.5. The number of hydrogen-bond donors (Lipinski definition) is 0. The monoisotopic (exact) mass is 467 g/mol. The Labute approximate surface area is 192 Å². The minimum Gasteiger partial charge on any atom is -0.465 e. The van der Waals surface area contributed by atoms with E-state index in [-0.39, 0.29) is 31.2 Å². The molecule has 31 heavy (non-hydrogen) atoms. The maximum absolute atomic E-state index is 12.6. The van der Waals surface area contributed by atoms with Crippen molar-refractivity contribution in [3.05, 3.63) is 52.0 Å². The second-order valence-corrected chi connectivity index (χ2v) is 8.89. The number of nitrogens with zero attached hydrogens (tertiary/aromatic N) is 3. The van der Waals surface area contributed by atoms with Crippen LogP contribution in [0.25, 0.3) is 0 Å². The van der Waals surface area contributed by atoms with Gasteiger partial charge in [0.05, 0.1) is 12.9 Å². The molecule has 0 N–H and O–H groups in total. The lowest BCUT2D eigenvalue weighted by atomic mass is 10.00. The summed E-state index contributed by atoms with van der Waals surface area (Å²) in [4.78, 5) is 31.2. The van der Waals surface area contributed by atoms with Gasteiger partial charge >= 0.3 is 11.9 Å². The molecule has 0 spiro atoms. The van der Waals surface area contributed by atoms with E-state index in [0.29, 0.717) is 29.4 Å². The van der Waals surface area contributed by atoms with Gasteiger partial charge in [-0.1, -0.05) is 37.0 Å². The van der Waals surface area contributed by atoms with Crippen molar-refractivity contribution in [3.8, 4) is 0 Å². The molecule has 2 aromatic rings. The molecule has 168 valence electrons. The summed E-state index contributed by atoms with van der Waals surface area (Å²) in [6, 6.07) is 4.23. The number of halogens is 2. The van der Waals surface area contributed by atoms with Crippen molar-refractivity contribution in [2.45, 2.75) is 52.2 Å². The first kappa shape index (κ1) is 23.6. The SMILES string of the molecule is CCOC(=O)C(CC(C)C)N1COC(=O)C1Cc1cncn1Cc1cc(Cl)cc(Cl)c1. The number of carbonyl (C=O) groups is 2. The Balaban J connectivity index is 1.81. The molecule has 2 heterocycles. The number of rotatable bonds is 9. The van der Waals surface area contributed by atoms with Gasteiger partial charge in [0.2, 0.25) is 0 Å². The van der Waals surface area contributed by atoms with Crippen LogP contribution in [0.2, 0.25) is 10.0 Å². The molecule has 1 aromatic heterocycles. The number of imidazole rings is 1. The number of benzene rings is 1. The molecule has 1 fully saturated rings. The van der Waals surface area contributed by atoms with Crippen LogP contribution in [-0.2, 0) is 32.0 Å². The zero-order valence-electron chi connectivity index (χ0n) is 17.9. The summed E-state index contributed by atoms with van der Waals surface area (Å²) in [6.45, 7) is 6.70. The topological polar surface area (TPSA) is 73.7 Å². The average Bonchev–Trinajstić information content (AvgIpc) is 3.26. The Kier molecular flexibility index (Phi) is 7.97. The van der Waals surface area contributed by atoms with Gasteiger partial charge in [-0.2, -0.15) is 0 Å². The van der Waals surface area contributed by atoms with Crippen LogP contribution < -0.4 is 0 Å². The molecule has 1 aromatic carbocycles. The molecule has 2 unspecified atom stereocenters. The standard InChI is InChI=1S/C22H27Cl2N3O4/c1-4-30-21(28)19(5-14(2)3)27-13-31-22(29)20(27)9-18-10-25-12-26(18)11-15-6-16(23)8-17(24)7-15/h6-8,10,12,14,19-20H,4-5,9,11,13H2,1-3H3. The molecule has 3 rings (SSSR count). The van der Waals surface area contributed by atoms with E-state index in [1.54, 1.807) is 30.4 Å². The second kappa shape index (κ2) is 10.5. The van der Waals surface area contributed by atoms with Crippen molar-refractivity contribution < 1.29 is 19.1 Å². The fourth-order valence-corrected chi connectivity index (χ4v) is 4.35. The van der Waals surface area contributed by atoms with Gasteiger partial charge in [0.25, 0.3) is 0 Å². The third-order valence-corrected chi connectivity index (χ3v) is 5.59. The van der Waals surface area contributed by atoms with Gasteiger partial charge in [0.15, 0.2) is 0 Å². The first-order valence-corrected chi connectivity index (χ1v) is 11.1. The molecule has 0 aliphatic carbocycles. The van der Waals surface area contributed by atoms with Crippen LogP contribution >= 0.6 is 23.2 Å².